The molecule has 1 heteroatoms. The average molecular weight is 173 g/mol. The zero-order chi connectivity index (χ0) is 8.67. The Morgan fingerprint density at radius 2 is 2.15 bits per heavy atom. The number of piperidine rings is 1. The molecular weight excluding hydrogens is 158 g/mol. The first-order valence-corrected chi connectivity index (χ1v) is 5.26. The van der Waals surface area contributed by atoms with Gasteiger partial charge in [0.1, 0.15) is 0 Å². The number of fused-ring (bicyclic) bond motifs is 3. The fraction of sp³-hybridized carbons (Fsp3) is 0.500. The third-order valence-corrected chi connectivity index (χ3v) is 3.48. The number of nitrogens with one attached hydrogen (secondary N) is 1. The Kier molecular flexibility index (Phi) is 1.66. The Hall–Kier alpha value is -0.820. The molecule has 3 rings (SSSR count). The Labute approximate surface area is 79.2 Å². The normalized spacial score (nSPS) is 31.1. The van der Waals surface area contributed by atoms with E-state index in [1.54, 1.807) is 11.1 Å². The maximum atomic E-state index is 3.63. The molecule has 0 amide bonds. The van der Waals surface area contributed by atoms with E-state index in [2.05, 4.69) is 29.6 Å². The molecule has 1 nitrogen and oxygen atoms in total. The highest BCUT2D eigenvalue weighted by Crippen LogP contribution is 2.37. The summed E-state index contributed by atoms with van der Waals surface area (Å²) in [5, 5.41) is 3.63. The van der Waals surface area contributed by atoms with Crippen molar-refractivity contribution in [2.75, 3.05) is 6.54 Å². The fourth-order valence-electron chi connectivity index (χ4n) is 2.86. The van der Waals surface area contributed by atoms with Gasteiger partial charge in [-0.1, -0.05) is 24.3 Å². The van der Waals surface area contributed by atoms with Crippen LogP contribution in [0.15, 0.2) is 24.3 Å². The van der Waals surface area contributed by atoms with E-state index >= 15 is 0 Å². The minimum absolute atomic E-state index is 0.742. The summed E-state index contributed by atoms with van der Waals surface area (Å²) < 4.78 is 0. The first-order chi connectivity index (χ1) is 6.45. The molecule has 0 spiro atoms. The van der Waals surface area contributed by atoms with Gasteiger partial charge in [-0.15, -0.1) is 0 Å². The van der Waals surface area contributed by atoms with E-state index in [1.165, 1.54) is 25.8 Å². The molecule has 1 heterocycles. The van der Waals surface area contributed by atoms with Crippen LogP contribution in [0.1, 0.15) is 29.9 Å². The van der Waals surface area contributed by atoms with Crippen LogP contribution in [0.5, 0.6) is 0 Å². The molecule has 2 aliphatic rings. The number of rotatable bonds is 0. The molecule has 1 aromatic rings. The van der Waals surface area contributed by atoms with Gasteiger partial charge in [0.15, 0.2) is 0 Å². The van der Waals surface area contributed by atoms with Crippen molar-refractivity contribution in [3.63, 3.8) is 0 Å². The molecule has 1 saturated heterocycles. The largest absolute Gasteiger partial charge is 0.313 e. The van der Waals surface area contributed by atoms with E-state index in [9.17, 15) is 0 Å². The zero-order valence-electron chi connectivity index (χ0n) is 7.79. The Morgan fingerprint density at radius 1 is 1.23 bits per heavy atom. The van der Waals surface area contributed by atoms with Crippen molar-refractivity contribution in [2.45, 2.75) is 31.2 Å². The van der Waals surface area contributed by atoms with Gasteiger partial charge in [-0.25, -0.2) is 0 Å². The summed E-state index contributed by atoms with van der Waals surface area (Å²) in [6, 6.07) is 9.68. The third kappa shape index (κ3) is 1.11. The van der Waals surface area contributed by atoms with Gasteiger partial charge in [0.05, 0.1) is 0 Å². The predicted octanol–water partition coefficient (Wildman–Crippen LogP) is 2.08. The van der Waals surface area contributed by atoms with Gasteiger partial charge < -0.3 is 5.32 Å². The second kappa shape index (κ2) is 2.85. The van der Waals surface area contributed by atoms with Crippen molar-refractivity contribution >= 4 is 0 Å². The van der Waals surface area contributed by atoms with Crippen LogP contribution in [0.3, 0.4) is 0 Å². The second-order valence-corrected chi connectivity index (χ2v) is 4.21. The molecule has 1 aliphatic carbocycles. The third-order valence-electron chi connectivity index (χ3n) is 3.48. The summed E-state index contributed by atoms with van der Waals surface area (Å²) in [5.74, 6) is 0.810. The average Bonchev–Trinajstić information content (AvgIpc) is 2.56. The summed E-state index contributed by atoms with van der Waals surface area (Å²) in [6.45, 7) is 1.22. The van der Waals surface area contributed by atoms with Gasteiger partial charge in [-0.05, 0) is 42.9 Å². The van der Waals surface area contributed by atoms with Crippen LogP contribution < -0.4 is 5.32 Å². The lowest BCUT2D eigenvalue weighted by atomic mass is 9.90. The summed E-state index contributed by atoms with van der Waals surface area (Å²) in [5.41, 5.74) is 3.19. The van der Waals surface area contributed by atoms with Gasteiger partial charge in [-0.2, -0.15) is 0 Å². The zero-order valence-corrected chi connectivity index (χ0v) is 7.79. The number of benzene rings is 1. The van der Waals surface area contributed by atoms with Crippen LogP contribution in [-0.2, 0) is 6.42 Å². The highest BCUT2D eigenvalue weighted by atomic mass is 14.9. The quantitative estimate of drug-likeness (QED) is 0.633. The van der Waals surface area contributed by atoms with E-state index in [0.29, 0.717) is 0 Å². The summed E-state index contributed by atoms with van der Waals surface area (Å²) in [6.07, 6.45) is 3.98. The summed E-state index contributed by atoms with van der Waals surface area (Å²) in [4.78, 5) is 0. The maximum Gasteiger partial charge on any atom is 0.0176 e. The molecule has 0 unspecified atom stereocenters. The predicted molar refractivity (Wildman–Crippen MR) is 53.9 cm³/mol. The van der Waals surface area contributed by atoms with Gasteiger partial charge in [-0.3, -0.25) is 0 Å². The van der Waals surface area contributed by atoms with Crippen molar-refractivity contribution in [1.29, 1.82) is 0 Å². The van der Waals surface area contributed by atoms with E-state index in [-0.39, 0.29) is 0 Å². The molecule has 0 bridgehead atoms. The van der Waals surface area contributed by atoms with Crippen LogP contribution in [0.4, 0.5) is 0 Å². The first kappa shape index (κ1) is 7.57. The molecule has 0 radical (unpaired) electrons. The molecule has 68 valence electrons. The lowest BCUT2D eigenvalue weighted by molar-refractivity contribution is 0.372. The molecule has 1 N–H and O–H groups in total. The lowest BCUT2D eigenvalue weighted by Gasteiger charge is -2.26. The van der Waals surface area contributed by atoms with Crippen LogP contribution in [0.2, 0.25) is 0 Å². The highest BCUT2D eigenvalue weighted by Gasteiger charge is 2.33. The van der Waals surface area contributed by atoms with Crippen LogP contribution in [-0.4, -0.2) is 12.6 Å². The van der Waals surface area contributed by atoms with E-state index in [1.807, 2.05) is 0 Å². The molecule has 0 aromatic heterocycles. The first-order valence-electron chi connectivity index (χ1n) is 5.26. The van der Waals surface area contributed by atoms with Crippen LogP contribution in [0.25, 0.3) is 0 Å². The standard InChI is InChI=1S/C12H15N/c1-2-5-10-9(4-1)8-12-11(10)6-3-7-13-12/h1-2,4-5,11-13H,3,6-8H2/t11-,12+/m1/s1. The Morgan fingerprint density at radius 3 is 3.15 bits per heavy atom. The van der Waals surface area contributed by atoms with Gasteiger partial charge >= 0.3 is 0 Å². The number of hydrogen-bond acceptors (Lipinski definition) is 1. The SMILES string of the molecule is c1ccc2c(c1)C[C@@H]1NCCC[C@H]21. The number of hydrogen-bond donors (Lipinski definition) is 1. The maximum absolute atomic E-state index is 3.63. The summed E-state index contributed by atoms with van der Waals surface area (Å²) >= 11 is 0. The molecule has 13 heavy (non-hydrogen) atoms. The van der Waals surface area contributed by atoms with Crippen molar-refractivity contribution in [3.05, 3.63) is 35.4 Å². The van der Waals surface area contributed by atoms with E-state index < -0.39 is 0 Å². The Bertz CT molecular complexity index is 319. The topological polar surface area (TPSA) is 12.0 Å². The summed E-state index contributed by atoms with van der Waals surface area (Å²) in [7, 11) is 0. The van der Waals surface area contributed by atoms with Crippen LogP contribution in [0, 0.1) is 0 Å². The van der Waals surface area contributed by atoms with Crippen molar-refractivity contribution in [3.8, 4) is 0 Å². The van der Waals surface area contributed by atoms with Gasteiger partial charge in [0.25, 0.3) is 0 Å². The van der Waals surface area contributed by atoms with E-state index in [4.69, 9.17) is 0 Å². The molecule has 1 aliphatic heterocycles. The molecule has 2 atom stereocenters. The highest BCUT2D eigenvalue weighted by molar-refractivity contribution is 5.38. The smallest absolute Gasteiger partial charge is 0.0176 e. The van der Waals surface area contributed by atoms with Crippen molar-refractivity contribution in [2.24, 2.45) is 0 Å². The minimum Gasteiger partial charge on any atom is -0.313 e. The minimum atomic E-state index is 0.742. The van der Waals surface area contributed by atoms with Gasteiger partial charge in [0.2, 0.25) is 0 Å². The lowest BCUT2D eigenvalue weighted by Crippen LogP contribution is -2.37. The van der Waals surface area contributed by atoms with E-state index in [0.717, 1.165) is 12.0 Å². The molecule has 1 aromatic carbocycles. The van der Waals surface area contributed by atoms with Crippen LogP contribution >= 0.6 is 0 Å². The molecule has 1 fully saturated rings. The fourth-order valence-corrected chi connectivity index (χ4v) is 2.86. The van der Waals surface area contributed by atoms with Gasteiger partial charge in [0, 0.05) is 6.04 Å². The molecule has 0 saturated carbocycles. The Balaban J connectivity index is 2.01. The van der Waals surface area contributed by atoms with Crippen molar-refractivity contribution in [1.82, 2.24) is 5.32 Å². The second-order valence-electron chi connectivity index (χ2n) is 4.21. The monoisotopic (exact) mass is 173 g/mol. The molecular formula is C12H15N. The van der Waals surface area contributed by atoms with Crippen molar-refractivity contribution < 1.29 is 0 Å².